The minimum Gasteiger partial charge on any atom is -0.497 e. The predicted molar refractivity (Wildman–Crippen MR) is 152 cm³/mol. The van der Waals surface area contributed by atoms with Gasteiger partial charge in [-0.3, -0.25) is 4.98 Å². The predicted octanol–water partition coefficient (Wildman–Crippen LogP) is 6.30. The van der Waals surface area contributed by atoms with Crippen LogP contribution in [0.2, 0.25) is 0 Å². The van der Waals surface area contributed by atoms with E-state index >= 15 is 0 Å². The summed E-state index contributed by atoms with van der Waals surface area (Å²) in [6, 6.07) is 20.5. The fourth-order valence-electron chi connectivity index (χ4n) is 5.48. The number of aryl methyl sites for hydroxylation is 3. The molecule has 1 aliphatic heterocycles. The van der Waals surface area contributed by atoms with Crippen LogP contribution in [-0.4, -0.2) is 28.9 Å². The van der Waals surface area contributed by atoms with Crippen molar-refractivity contribution in [2.75, 3.05) is 19.1 Å². The van der Waals surface area contributed by atoms with Crippen LogP contribution < -0.4 is 19.7 Å². The van der Waals surface area contributed by atoms with E-state index in [1.54, 1.807) is 14.2 Å². The average Bonchev–Trinajstić information content (AvgIpc) is 3.38. The van der Waals surface area contributed by atoms with Gasteiger partial charge in [0.15, 0.2) is 5.11 Å². The third-order valence-corrected chi connectivity index (χ3v) is 7.31. The number of ether oxygens (including phenoxy) is 2. The second-order valence-corrected chi connectivity index (χ2v) is 9.93. The fourth-order valence-corrected chi connectivity index (χ4v) is 5.82. The average molecular weight is 513 g/mol. The summed E-state index contributed by atoms with van der Waals surface area (Å²) in [7, 11) is 3.32. The molecule has 2 atom stereocenters. The van der Waals surface area contributed by atoms with E-state index in [0.29, 0.717) is 10.9 Å². The lowest BCUT2D eigenvalue weighted by molar-refractivity contribution is 0.394. The number of pyridine rings is 1. The van der Waals surface area contributed by atoms with Crippen LogP contribution >= 0.6 is 12.2 Å². The van der Waals surface area contributed by atoms with Crippen LogP contribution in [0.4, 0.5) is 5.69 Å². The molecule has 2 aromatic heterocycles. The van der Waals surface area contributed by atoms with Gasteiger partial charge in [0.2, 0.25) is 0 Å². The summed E-state index contributed by atoms with van der Waals surface area (Å²) in [5.74, 6) is 1.42. The Hall–Kier alpha value is -3.84. The quantitative estimate of drug-likeness (QED) is 0.306. The lowest BCUT2D eigenvalue weighted by atomic mass is 9.96. The molecular formula is C30H32N4O2S. The van der Waals surface area contributed by atoms with Gasteiger partial charge in [0.25, 0.3) is 0 Å². The first kappa shape index (κ1) is 24.8. The highest BCUT2D eigenvalue weighted by molar-refractivity contribution is 7.80. The number of rotatable bonds is 6. The van der Waals surface area contributed by atoms with Crippen LogP contribution in [0.3, 0.4) is 0 Å². The van der Waals surface area contributed by atoms with E-state index in [1.165, 1.54) is 16.7 Å². The number of nitrogens with one attached hydrogen (secondary N) is 1. The number of methoxy groups -OCH3 is 2. The molecule has 1 aliphatic rings. The van der Waals surface area contributed by atoms with Crippen molar-refractivity contribution in [3.8, 4) is 17.2 Å². The van der Waals surface area contributed by atoms with E-state index in [2.05, 4.69) is 66.7 Å². The molecule has 0 radical (unpaired) electrons. The highest BCUT2D eigenvalue weighted by Gasteiger charge is 2.43. The molecule has 1 N–H and O–H groups in total. The number of nitrogens with zero attached hydrogens (tertiary/aromatic N) is 3. The third-order valence-electron chi connectivity index (χ3n) is 7.00. The molecule has 5 rings (SSSR count). The normalized spacial score (nSPS) is 17.1. The van der Waals surface area contributed by atoms with Gasteiger partial charge >= 0.3 is 0 Å². The zero-order valence-corrected chi connectivity index (χ0v) is 22.9. The number of hydrogen-bond donors (Lipinski definition) is 1. The lowest BCUT2D eigenvalue weighted by Gasteiger charge is -2.29. The summed E-state index contributed by atoms with van der Waals surface area (Å²) in [5.41, 5.74) is 8.95. The molecule has 2 unspecified atom stereocenters. The van der Waals surface area contributed by atoms with Crippen molar-refractivity contribution in [1.29, 1.82) is 0 Å². The second-order valence-electron chi connectivity index (χ2n) is 9.54. The minimum absolute atomic E-state index is 0.143. The zero-order valence-electron chi connectivity index (χ0n) is 22.1. The number of thiocarbonyl (C=S) groups is 1. The van der Waals surface area contributed by atoms with Crippen molar-refractivity contribution in [3.63, 3.8) is 0 Å². The number of hydrogen-bond acceptors (Lipinski definition) is 4. The smallest absolute Gasteiger partial charge is 0.174 e. The van der Waals surface area contributed by atoms with Crippen molar-refractivity contribution in [2.45, 2.75) is 39.8 Å². The standard InChI is InChI=1S/C30H32N4O2S/c1-18-13-19(2)15-22(14-18)33-20(3)16-24(21(33)4)29-28(25-9-7-8-12-31-25)32-30(37)34(29)26-11-10-23(35-5)17-27(26)36-6/h7-17,28-29H,1-6H3,(H,32,37). The number of benzene rings is 2. The summed E-state index contributed by atoms with van der Waals surface area (Å²) < 4.78 is 13.6. The molecule has 190 valence electrons. The van der Waals surface area contributed by atoms with Gasteiger partial charge in [0.05, 0.1) is 37.7 Å². The Morgan fingerprint density at radius 3 is 2.30 bits per heavy atom. The number of aromatic nitrogens is 2. The highest BCUT2D eigenvalue weighted by Crippen LogP contribution is 2.46. The second kappa shape index (κ2) is 9.90. The van der Waals surface area contributed by atoms with E-state index in [0.717, 1.165) is 34.2 Å². The molecule has 4 aromatic rings. The maximum atomic E-state index is 5.95. The molecule has 37 heavy (non-hydrogen) atoms. The molecule has 7 heteroatoms. The summed E-state index contributed by atoms with van der Waals surface area (Å²) in [4.78, 5) is 6.86. The van der Waals surface area contributed by atoms with E-state index in [4.69, 9.17) is 26.7 Å². The molecule has 1 fully saturated rings. The maximum absolute atomic E-state index is 5.95. The third kappa shape index (κ3) is 4.44. The van der Waals surface area contributed by atoms with Crippen LogP contribution in [0, 0.1) is 27.7 Å². The van der Waals surface area contributed by atoms with Gasteiger partial charge in [-0.25, -0.2) is 0 Å². The topological polar surface area (TPSA) is 51.5 Å². The van der Waals surface area contributed by atoms with Crippen molar-refractivity contribution < 1.29 is 9.47 Å². The summed E-state index contributed by atoms with van der Waals surface area (Å²) in [6.07, 6.45) is 1.83. The molecule has 0 aliphatic carbocycles. The van der Waals surface area contributed by atoms with E-state index in [1.807, 2.05) is 42.6 Å². The van der Waals surface area contributed by atoms with Crippen LogP contribution in [0.5, 0.6) is 11.5 Å². The van der Waals surface area contributed by atoms with E-state index in [-0.39, 0.29) is 12.1 Å². The Labute approximate surface area is 223 Å². The maximum Gasteiger partial charge on any atom is 0.174 e. The first-order chi connectivity index (χ1) is 17.8. The molecule has 3 heterocycles. The van der Waals surface area contributed by atoms with Gasteiger partial charge in [-0.05, 0) is 99.1 Å². The van der Waals surface area contributed by atoms with Gasteiger partial charge in [0, 0.05) is 29.3 Å². The van der Waals surface area contributed by atoms with Crippen LogP contribution in [-0.2, 0) is 0 Å². The van der Waals surface area contributed by atoms with Crippen LogP contribution in [0.1, 0.15) is 45.9 Å². The molecule has 0 spiro atoms. The monoisotopic (exact) mass is 512 g/mol. The fraction of sp³-hybridized carbons (Fsp3) is 0.267. The van der Waals surface area contributed by atoms with Crippen LogP contribution in [0.25, 0.3) is 5.69 Å². The summed E-state index contributed by atoms with van der Waals surface area (Å²) in [6.45, 7) is 8.61. The van der Waals surface area contributed by atoms with Gasteiger partial charge in [-0.2, -0.15) is 0 Å². The first-order valence-corrected chi connectivity index (χ1v) is 12.7. The lowest BCUT2D eigenvalue weighted by Crippen LogP contribution is -2.30. The zero-order chi connectivity index (χ0) is 26.3. The first-order valence-electron chi connectivity index (χ1n) is 12.3. The van der Waals surface area contributed by atoms with Gasteiger partial charge in [-0.15, -0.1) is 0 Å². The van der Waals surface area contributed by atoms with Crippen LogP contribution in [0.15, 0.2) is 66.9 Å². The van der Waals surface area contributed by atoms with Gasteiger partial charge < -0.3 is 24.3 Å². The molecule has 1 saturated heterocycles. The summed E-state index contributed by atoms with van der Waals surface area (Å²) >= 11 is 5.95. The van der Waals surface area contributed by atoms with Gasteiger partial charge in [-0.1, -0.05) is 12.1 Å². The number of anilines is 1. The summed E-state index contributed by atoms with van der Waals surface area (Å²) in [5, 5.41) is 4.19. The van der Waals surface area contributed by atoms with Crippen molar-refractivity contribution in [1.82, 2.24) is 14.9 Å². The molecule has 0 saturated carbocycles. The van der Waals surface area contributed by atoms with Crippen molar-refractivity contribution in [2.24, 2.45) is 0 Å². The largest absolute Gasteiger partial charge is 0.497 e. The Morgan fingerprint density at radius 2 is 1.65 bits per heavy atom. The molecule has 6 nitrogen and oxygen atoms in total. The van der Waals surface area contributed by atoms with Gasteiger partial charge in [0.1, 0.15) is 11.5 Å². The molecule has 0 bridgehead atoms. The van der Waals surface area contributed by atoms with Crippen molar-refractivity contribution >= 4 is 23.0 Å². The SMILES string of the molecule is COc1ccc(N2C(=S)NC(c3ccccn3)C2c2cc(C)n(-c3cc(C)cc(C)c3)c2C)c(OC)c1. The highest BCUT2D eigenvalue weighted by atomic mass is 32.1. The molecular weight excluding hydrogens is 480 g/mol. The Kier molecular flexibility index (Phi) is 6.65. The Balaban J connectivity index is 1.71. The molecule has 2 aromatic carbocycles. The minimum atomic E-state index is -0.145. The van der Waals surface area contributed by atoms with E-state index < -0.39 is 0 Å². The molecule has 0 amide bonds. The van der Waals surface area contributed by atoms with E-state index in [9.17, 15) is 0 Å². The van der Waals surface area contributed by atoms with Crippen molar-refractivity contribution in [3.05, 3.63) is 101 Å². The Bertz CT molecular complexity index is 1440. The Morgan fingerprint density at radius 1 is 0.892 bits per heavy atom.